The minimum atomic E-state index is -3.05. The molecule has 4 nitrogen and oxygen atoms in total. The van der Waals surface area contributed by atoms with Gasteiger partial charge in [-0.2, -0.15) is 0 Å². The fraction of sp³-hybridized carbons (Fsp3) is 0.478. The van der Waals surface area contributed by atoms with Crippen molar-refractivity contribution in [2.45, 2.75) is 57.0 Å². The summed E-state index contributed by atoms with van der Waals surface area (Å²) in [5.74, 6) is -6.21. The summed E-state index contributed by atoms with van der Waals surface area (Å²) in [4.78, 5) is 23.5. The summed E-state index contributed by atoms with van der Waals surface area (Å²) in [6.07, 6.45) is 3.39. The molecule has 30 heavy (non-hydrogen) atoms. The van der Waals surface area contributed by atoms with E-state index < -0.39 is 42.0 Å². The molecule has 1 aliphatic rings. The number of fused-ring (bicyclic) bond motifs is 1. The molecule has 162 valence electrons. The molecule has 0 saturated heterocycles. The first kappa shape index (κ1) is 22.6. The summed E-state index contributed by atoms with van der Waals surface area (Å²) >= 11 is 1.48. The van der Waals surface area contributed by atoms with Crippen molar-refractivity contribution in [3.63, 3.8) is 0 Å². The third-order valence-corrected chi connectivity index (χ3v) is 6.91. The molecule has 1 aliphatic carbocycles. The SMILES string of the molecule is O=C(O)CCCC=CC[C@@H]1[C@@H](CCC(O)c2cc3ccccc3s2)C(=O)CC1(F)F. The lowest BCUT2D eigenvalue weighted by molar-refractivity contribution is -0.137. The fourth-order valence-electron chi connectivity index (χ4n) is 4.09. The number of Topliss-reactive ketones (excluding diaryl/α,β-unsaturated/α-hetero) is 1. The molecule has 1 aromatic carbocycles. The van der Waals surface area contributed by atoms with E-state index in [2.05, 4.69) is 0 Å². The van der Waals surface area contributed by atoms with E-state index in [1.807, 2.05) is 30.3 Å². The minimum absolute atomic E-state index is 0.0423. The second-order valence-electron chi connectivity index (χ2n) is 7.89. The summed E-state index contributed by atoms with van der Waals surface area (Å²) in [6.45, 7) is 0. The summed E-state index contributed by atoms with van der Waals surface area (Å²) in [6, 6.07) is 9.68. The second-order valence-corrected chi connectivity index (χ2v) is 9.01. The first-order valence-corrected chi connectivity index (χ1v) is 11.0. The molecule has 2 aromatic rings. The molecule has 3 rings (SSSR count). The number of aliphatic hydroxyl groups is 1. The summed E-state index contributed by atoms with van der Waals surface area (Å²) in [5, 5.41) is 20.2. The molecule has 1 unspecified atom stereocenters. The van der Waals surface area contributed by atoms with Crippen LogP contribution in [0.5, 0.6) is 0 Å². The zero-order valence-electron chi connectivity index (χ0n) is 16.6. The molecule has 1 saturated carbocycles. The maximum atomic E-state index is 14.4. The van der Waals surface area contributed by atoms with Crippen molar-refractivity contribution >= 4 is 33.2 Å². The van der Waals surface area contributed by atoms with Gasteiger partial charge < -0.3 is 10.2 Å². The van der Waals surface area contributed by atoms with Gasteiger partial charge in [-0.1, -0.05) is 30.4 Å². The van der Waals surface area contributed by atoms with Crippen LogP contribution in [0.1, 0.15) is 55.9 Å². The topological polar surface area (TPSA) is 74.6 Å². The first-order chi connectivity index (χ1) is 14.3. The highest BCUT2D eigenvalue weighted by Gasteiger charge is 2.53. The highest BCUT2D eigenvalue weighted by atomic mass is 32.1. The molecule has 7 heteroatoms. The number of benzene rings is 1. The third kappa shape index (κ3) is 5.52. The lowest BCUT2D eigenvalue weighted by atomic mass is 9.86. The van der Waals surface area contributed by atoms with Crippen LogP contribution in [0.25, 0.3) is 10.1 Å². The smallest absolute Gasteiger partial charge is 0.303 e. The lowest BCUT2D eigenvalue weighted by Gasteiger charge is -2.22. The van der Waals surface area contributed by atoms with Gasteiger partial charge in [0.05, 0.1) is 12.5 Å². The largest absolute Gasteiger partial charge is 0.481 e. The molecule has 1 fully saturated rings. The number of hydrogen-bond acceptors (Lipinski definition) is 4. The predicted octanol–water partition coefficient (Wildman–Crippen LogP) is 5.76. The Morgan fingerprint density at radius 1 is 1.30 bits per heavy atom. The monoisotopic (exact) mass is 436 g/mol. The van der Waals surface area contributed by atoms with Crippen molar-refractivity contribution in [2.24, 2.45) is 11.8 Å². The lowest BCUT2D eigenvalue weighted by Crippen LogP contribution is -2.26. The van der Waals surface area contributed by atoms with E-state index in [0.717, 1.165) is 15.0 Å². The number of alkyl halides is 2. The van der Waals surface area contributed by atoms with E-state index in [1.54, 1.807) is 12.2 Å². The fourth-order valence-corrected chi connectivity index (χ4v) is 5.18. The van der Waals surface area contributed by atoms with Crippen molar-refractivity contribution in [3.8, 4) is 0 Å². The van der Waals surface area contributed by atoms with E-state index in [9.17, 15) is 23.5 Å². The minimum Gasteiger partial charge on any atom is -0.481 e. The number of rotatable bonds is 10. The third-order valence-electron chi connectivity index (χ3n) is 5.69. The van der Waals surface area contributed by atoms with E-state index in [4.69, 9.17) is 5.11 Å². The van der Waals surface area contributed by atoms with E-state index in [0.29, 0.717) is 12.8 Å². The summed E-state index contributed by atoms with van der Waals surface area (Å²) in [7, 11) is 0. The van der Waals surface area contributed by atoms with Crippen LogP contribution in [0.3, 0.4) is 0 Å². The maximum absolute atomic E-state index is 14.4. The summed E-state index contributed by atoms with van der Waals surface area (Å²) in [5.41, 5.74) is 0. The Morgan fingerprint density at radius 3 is 2.80 bits per heavy atom. The molecule has 3 atom stereocenters. The number of halogens is 2. The van der Waals surface area contributed by atoms with Crippen molar-refractivity contribution in [1.82, 2.24) is 0 Å². The molecular formula is C23H26F2O4S. The Morgan fingerprint density at radius 2 is 2.07 bits per heavy atom. The average Bonchev–Trinajstić information content (AvgIpc) is 3.20. The quantitative estimate of drug-likeness (QED) is 0.367. The molecular weight excluding hydrogens is 410 g/mol. The van der Waals surface area contributed by atoms with E-state index in [-0.39, 0.29) is 25.7 Å². The molecule has 1 aromatic heterocycles. The van der Waals surface area contributed by atoms with Gasteiger partial charge in [-0.3, -0.25) is 9.59 Å². The Kier molecular flexibility index (Phi) is 7.36. The zero-order valence-corrected chi connectivity index (χ0v) is 17.4. The van der Waals surface area contributed by atoms with Gasteiger partial charge in [0.2, 0.25) is 0 Å². The maximum Gasteiger partial charge on any atom is 0.303 e. The number of aliphatic carboxylic acids is 1. The van der Waals surface area contributed by atoms with Crippen LogP contribution in [-0.4, -0.2) is 27.9 Å². The van der Waals surface area contributed by atoms with E-state index >= 15 is 0 Å². The number of hydrogen-bond donors (Lipinski definition) is 2. The number of unbranched alkanes of at least 4 members (excludes halogenated alkanes) is 1. The van der Waals surface area contributed by atoms with E-state index in [1.165, 1.54) is 11.3 Å². The number of ketones is 1. The van der Waals surface area contributed by atoms with Crippen LogP contribution < -0.4 is 0 Å². The van der Waals surface area contributed by atoms with Gasteiger partial charge in [0, 0.05) is 27.8 Å². The predicted molar refractivity (Wildman–Crippen MR) is 113 cm³/mol. The van der Waals surface area contributed by atoms with Crippen LogP contribution >= 0.6 is 11.3 Å². The second kappa shape index (κ2) is 9.79. The molecule has 0 bridgehead atoms. The van der Waals surface area contributed by atoms with Crippen molar-refractivity contribution in [3.05, 3.63) is 47.4 Å². The molecule has 0 aliphatic heterocycles. The standard InChI is InChI=1S/C23H26F2O4S/c24-23(25)14-19(27)16(17(23)8-3-1-2-4-10-22(28)29)11-12-18(26)21-13-15-7-5-6-9-20(15)30-21/h1,3,5-7,9,13,16-18,26H,2,4,8,10-12,14H2,(H,28,29)/t16-,17-,18?/m1/s1. The number of allylic oxidation sites excluding steroid dienone is 2. The molecule has 0 radical (unpaired) electrons. The summed E-state index contributed by atoms with van der Waals surface area (Å²) < 4.78 is 29.8. The number of carbonyl (C=O) groups is 2. The highest BCUT2D eigenvalue weighted by Crippen LogP contribution is 2.47. The number of carboxylic acid groups (broad SMARTS) is 1. The van der Waals surface area contributed by atoms with Gasteiger partial charge in [0.1, 0.15) is 5.78 Å². The van der Waals surface area contributed by atoms with Crippen LogP contribution in [0, 0.1) is 11.8 Å². The van der Waals surface area contributed by atoms with Crippen LogP contribution in [0.4, 0.5) is 8.78 Å². The van der Waals surface area contributed by atoms with Crippen molar-refractivity contribution in [1.29, 1.82) is 0 Å². The Labute approximate surface area is 178 Å². The van der Waals surface area contributed by atoms with Gasteiger partial charge in [-0.15, -0.1) is 11.3 Å². The number of aliphatic hydroxyl groups excluding tert-OH is 1. The zero-order chi connectivity index (χ0) is 21.7. The Bertz CT molecular complexity index is 888. The van der Waals surface area contributed by atoms with Gasteiger partial charge in [0.15, 0.2) is 0 Å². The Balaban J connectivity index is 1.58. The van der Waals surface area contributed by atoms with Crippen LogP contribution in [0.2, 0.25) is 0 Å². The van der Waals surface area contributed by atoms with Gasteiger partial charge in [-0.05, 0) is 49.6 Å². The molecule has 1 heterocycles. The van der Waals surface area contributed by atoms with Crippen LogP contribution in [-0.2, 0) is 9.59 Å². The normalized spacial score (nSPS) is 22.2. The van der Waals surface area contributed by atoms with Gasteiger partial charge in [-0.25, -0.2) is 8.78 Å². The van der Waals surface area contributed by atoms with Gasteiger partial charge in [0.25, 0.3) is 5.92 Å². The molecule has 2 N–H and O–H groups in total. The molecule has 0 spiro atoms. The number of carbonyl (C=O) groups excluding carboxylic acids is 1. The highest BCUT2D eigenvalue weighted by molar-refractivity contribution is 7.19. The van der Waals surface area contributed by atoms with Crippen molar-refractivity contribution < 1.29 is 28.6 Å². The van der Waals surface area contributed by atoms with Gasteiger partial charge >= 0.3 is 5.97 Å². The van der Waals surface area contributed by atoms with Crippen LogP contribution in [0.15, 0.2) is 42.5 Å². The number of thiophene rings is 1. The average molecular weight is 437 g/mol. The van der Waals surface area contributed by atoms with Crippen molar-refractivity contribution in [2.75, 3.05) is 0 Å². The Hall–Kier alpha value is -2.12. The molecule has 0 amide bonds. The number of carboxylic acids is 1. The first-order valence-electron chi connectivity index (χ1n) is 10.2.